The SMILES string of the molecule is C[C@H](CF)N(C)C(=O)OC(C)(C)C. The molecular weight excluding hydrogens is 173 g/mol. The monoisotopic (exact) mass is 191 g/mol. The molecule has 78 valence electrons. The van der Waals surface area contributed by atoms with Gasteiger partial charge in [0, 0.05) is 7.05 Å². The summed E-state index contributed by atoms with van der Waals surface area (Å²) in [6.45, 7) is 6.40. The number of rotatable bonds is 2. The van der Waals surface area contributed by atoms with Crippen molar-refractivity contribution in [1.82, 2.24) is 4.90 Å². The summed E-state index contributed by atoms with van der Waals surface area (Å²) in [4.78, 5) is 12.6. The maximum absolute atomic E-state index is 12.2. The first-order chi connectivity index (χ1) is 5.78. The van der Waals surface area contributed by atoms with Crippen molar-refractivity contribution in [3.05, 3.63) is 0 Å². The van der Waals surface area contributed by atoms with Crippen molar-refractivity contribution in [1.29, 1.82) is 0 Å². The number of hydrogen-bond acceptors (Lipinski definition) is 2. The minimum atomic E-state index is -0.560. The van der Waals surface area contributed by atoms with Gasteiger partial charge < -0.3 is 9.64 Å². The van der Waals surface area contributed by atoms with E-state index >= 15 is 0 Å². The lowest BCUT2D eigenvalue weighted by Gasteiger charge is -2.27. The van der Waals surface area contributed by atoms with Crippen LogP contribution in [-0.4, -0.2) is 36.4 Å². The van der Waals surface area contributed by atoms with Crippen molar-refractivity contribution in [3.8, 4) is 0 Å². The molecule has 0 radical (unpaired) electrons. The van der Waals surface area contributed by atoms with Crippen molar-refractivity contribution in [2.24, 2.45) is 0 Å². The zero-order valence-electron chi connectivity index (χ0n) is 8.93. The Morgan fingerprint density at radius 3 is 2.31 bits per heavy atom. The van der Waals surface area contributed by atoms with Crippen LogP contribution in [0.5, 0.6) is 0 Å². The van der Waals surface area contributed by atoms with Gasteiger partial charge in [-0.25, -0.2) is 9.18 Å². The molecule has 0 aliphatic carbocycles. The van der Waals surface area contributed by atoms with Gasteiger partial charge in [0.15, 0.2) is 0 Å². The molecular formula is C9H18FNO2. The summed E-state index contributed by atoms with van der Waals surface area (Å²) in [6.07, 6.45) is -0.488. The molecule has 1 atom stereocenters. The number of nitrogens with zero attached hydrogens (tertiary/aromatic N) is 1. The highest BCUT2D eigenvalue weighted by atomic mass is 19.1. The van der Waals surface area contributed by atoms with Gasteiger partial charge in [-0.15, -0.1) is 0 Å². The first-order valence-electron chi connectivity index (χ1n) is 4.29. The Morgan fingerprint density at radius 2 is 2.00 bits per heavy atom. The molecule has 0 aliphatic rings. The van der Waals surface area contributed by atoms with E-state index in [0.717, 1.165) is 0 Å². The summed E-state index contributed by atoms with van der Waals surface area (Å²) in [5, 5.41) is 0. The van der Waals surface area contributed by atoms with Crippen LogP contribution in [0.3, 0.4) is 0 Å². The van der Waals surface area contributed by atoms with Gasteiger partial charge in [-0.05, 0) is 27.7 Å². The molecule has 1 amide bonds. The van der Waals surface area contributed by atoms with Crippen LogP contribution in [0, 0.1) is 0 Å². The van der Waals surface area contributed by atoms with E-state index in [4.69, 9.17) is 4.74 Å². The van der Waals surface area contributed by atoms with Crippen LogP contribution in [0.2, 0.25) is 0 Å². The molecule has 0 aromatic carbocycles. The minimum absolute atomic E-state index is 0.435. The smallest absolute Gasteiger partial charge is 0.410 e. The maximum atomic E-state index is 12.2. The molecule has 0 fully saturated rings. The van der Waals surface area contributed by atoms with Crippen LogP contribution >= 0.6 is 0 Å². The van der Waals surface area contributed by atoms with E-state index in [2.05, 4.69) is 0 Å². The van der Waals surface area contributed by atoms with Crippen molar-refractivity contribution < 1.29 is 13.9 Å². The second kappa shape index (κ2) is 4.44. The summed E-state index contributed by atoms with van der Waals surface area (Å²) >= 11 is 0. The average Bonchev–Trinajstić information content (AvgIpc) is 1.98. The first kappa shape index (κ1) is 12.2. The number of carbonyl (C=O) groups is 1. The fourth-order valence-corrected chi connectivity index (χ4v) is 0.617. The minimum Gasteiger partial charge on any atom is -0.444 e. The van der Waals surface area contributed by atoms with Crippen molar-refractivity contribution in [3.63, 3.8) is 0 Å². The van der Waals surface area contributed by atoms with E-state index in [1.54, 1.807) is 27.7 Å². The standard InChI is InChI=1S/C9H18FNO2/c1-7(6-10)11(5)8(12)13-9(2,3)4/h7H,6H2,1-5H3/t7-/m1/s1. The molecule has 0 N–H and O–H groups in total. The topological polar surface area (TPSA) is 29.5 Å². The van der Waals surface area contributed by atoms with Gasteiger partial charge in [0.05, 0.1) is 6.04 Å². The molecule has 0 aromatic heterocycles. The Balaban J connectivity index is 4.12. The van der Waals surface area contributed by atoms with Crippen LogP contribution in [0.15, 0.2) is 0 Å². The largest absolute Gasteiger partial charge is 0.444 e. The second-order valence-electron chi connectivity index (χ2n) is 4.09. The summed E-state index contributed by atoms with van der Waals surface area (Å²) in [7, 11) is 1.53. The third-order valence-electron chi connectivity index (χ3n) is 1.57. The number of halogens is 1. The van der Waals surface area contributed by atoms with Crippen LogP contribution in [-0.2, 0) is 4.74 Å². The van der Waals surface area contributed by atoms with Crippen LogP contribution in [0.4, 0.5) is 9.18 Å². The Kier molecular flexibility index (Phi) is 4.17. The predicted octanol–water partition coefficient (Wildman–Crippen LogP) is 2.21. The molecule has 13 heavy (non-hydrogen) atoms. The molecule has 0 rings (SSSR count). The second-order valence-corrected chi connectivity index (χ2v) is 4.09. The maximum Gasteiger partial charge on any atom is 0.410 e. The van der Waals surface area contributed by atoms with Crippen LogP contribution < -0.4 is 0 Å². The summed E-state index contributed by atoms with van der Waals surface area (Å²) in [5.41, 5.74) is -0.526. The van der Waals surface area contributed by atoms with Gasteiger partial charge in [-0.3, -0.25) is 0 Å². The lowest BCUT2D eigenvalue weighted by molar-refractivity contribution is 0.0216. The molecule has 0 unspecified atom stereocenters. The zero-order chi connectivity index (χ0) is 10.6. The molecule has 0 heterocycles. The molecule has 3 nitrogen and oxygen atoms in total. The van der Waals surface area contributed by atoms with Gasteiger partial charge in [0.25, 0.3) is 0 Å². The van der Waals surface area contributed by atoms with E-state index < -0.39 is 24.4 Å². The lowest BCUT2D eigenvalue weighted by atomic mass is 10.2. The quantitative estimate of drug-likeness (QED) is 0.669. The van der Waals surface area contributed by atoms with Crippen molar-refractivity contribution in [2.75, 3.05) is 13.7 Å². The predicted molar refractivity (Wildman–Crippen MR) is 49.4 cm³/mol. The zero-order valence-corrected chi connectivity index (χ0v) is 8.93. The van der Waals surface area contributed by atoms with Crippen LogP contribution in [0.25, 0.3) is 0 Å². The van der Waals surface area contributed by atoms with Gasteiger partial charge in [-0.1, -0.05) is 0 Å². The number of hydrogen-bond donors (Lipinski definition) is 0. The lowest BCUT2D eigenvalue weighted by Crippen LogP contribution is -2.40. The summed E-state index contributed by atoms with van der Waals surface area (Å²) in [5.74, 6) is 0. The van der Waals surface area contributed by atoms with Gasteiger partial charge in [-0.2, -0.15) is 0 Å². The van der Waals surface area contributed by atoms with Crippen LogP contribution in [0.1, 0.15) is 27.7 Å². The summed E-state index contributed by atoms with van der Waals surface area (Å²) < 4.78 is 17.2. The van der Waals surface area contributed by atoms with Crippen molar-refractivity contribution in [2.45, 2.75) is 39.3 Å². The molecule has 0 saturated heterocycles. The summed E-state index contributed by atoms with van der Waals surface area (Å²) in [6, 6.07) is -0.435. The van der Waals surface area contributed by atoms with Gasteiger partial charge in [0.2, 0.25) is 0 Å². The molecule has 0 aromatic rings. The van der Waals surface area contributed by atoms with E-state index in [0.29, 0.717) is 0 Å². The normalized spacial score (nSPS) is 13.7. The number of ether oxygens (including phenoxy) is 1. The van der Waals surface area contributed by atoms with Crippen molar-refractivity contribution >= 4 is 6.09 Å². The average molecular weight is 191 g/mol. The number of carbonyl (C=O) groups excluding carboxylic acids is 1. The number of amides is 1. The van der Waals surface area contributed by atoms with Gasteiger partial charge in [0.1, 0.15) is 12.3 Å². The molecule has 0 saturated carbocycles. The Morgan fingerprint density at radius 1 is 1.54 bits per heavy atom. The Bertz CT molecular complexity index is 177. The number of alkyl halides is 1. The van der Waals surface area contributed by atoms with E-state index in [-0.39, 0.29) is 0 Å². The first-order valence-corrected chi connectivity index (χ1v) is 4.29. The highest BCUT2D eigenvalue weighted by Gasteiger charge is 2.22. The highest BCUT2D eigenvalue weighted by molar-refractivity contribution is 5.68. The van der Waals surface area contributed by atoms with E-state index in [1.165, 1.54) is 11.9 Å². The molecule has 0 aliphatic heterocycles. The molecule has 4 heteroatoms. The molecule has 0 spiro atoms. The fourth-order valence-electron chi connectivity index (χ4n) is 0.617. The fraction of sp³-hybridized carbons (Fsp3) is 0.889. The third-order valence-corrected chi connectivity index (χ3v) is 1.57. The Hall–Kier alpha value is -0.800. The van der Waals surface area contributed by atoms with Gasteiger partial charge >= 0.3 is 6.09 Å². The molecule has 0 bridgehead atoms. The van der Waals surface area contributed by atoms with E-state index in [9.17, 15) is 9.18 Å². The third kappa shape index (κ3) is 4.70. The highest BCUT2D eigenvalue weighted by Crippen LogP contribution is 2.10. The van der Waals surface area contributed by atoms with E-state index in [1.807, 2.05) is 0 Å². The Labute approximate surface area is 78.9 Å².